The molecule has 10 heteroatoms. The number of rotatable bonds is 7. The summed E-state index contributed by atoms with van der Waals surface area (Å²) in [6.45, 7) is 1.91. The molecule has 1 aromatic carbocycles. The average Bonchev–Trinajstić information content (AvgIpc) is 3.67. The first-order valence-corrected chi connectivity index (χ1v) is 11.2. The van der Waals surface area contributed by atoms with Crippen molar-refractivity contribution in [3.05, 3.63) is 70.9 Å². The molecule has 2 aromatic heterocycles. The Balaban J connectivity index is 1.51. The van der Waals surface area contributed by atoms with E-state index < -0.39 is 29.3 Å². The Hall–Kier alpha value is -3.82. The molecule has 2 heterocycles. The van der Waals surface area contributed by atoms with E-state index in [1.165, 1.54) is 12.1 Å². The van der Waals surface area contributed by atoms with Crippen LogP contribution in [0.25, 0.3) is 11.1 Å². The smallest absolute Gasteiger partial charge is 0.421 e. The first-order chi connectivity index (χ1) is 17.1. The lowest BCUT2D eigenvalue weighted by Crippen LogP contribution is -2.17. The normalized spacial score (nSPS) is 14.0. The Morgan fingerprint density at radius 2 is 1.89 bits per heavy atom. The van der Waals surface area contributed by atoms with Gasteiger partial charge in [-0.2, -0.15) is 13.2 Å². The lowest BCUT2D eigenvalue weighted by molar-refractivity contribution is -0.139. The number of aromatic nitrogens is 2. The van der Waals surface area contributed by atoms with Crippen LogP contribution >= 0.6 is 0 Å². The van der Waals surface area contributed by atoms with Gasteiger partial charge in [0, 0.05) is 41.7 Å². The van der Waals surface area contributed by atoms with Crippen molar-refractivity contribution in [2.45, 2.75) is 32.4 Å². The first-order valence-electron chi connectivity index (χ1n) is 11.2. The summed E-state index contributed by atoms with van der Waals surface area (Å²) < 4.78 is 59.1. The summed E-state index contributed by atoms with van der Waals surface area (Å²) in [7, 11) is 2.82. The van der Waals surface area contributed by atoms with Gasteiger partial charge in [-0.3, -0.25) is 14.8 Å². The van der Waals surface area contributed by atoms with Crippen LogP contribution in [-0.4, -0.2) is 35.7 Å². The number of carbonyl (C=O) groups excluding carboxylic acids is 1. The number of ether oxygens (including phenoxy) is 1. The quantitative estimate of drug-likeness (QED) is 0.337. The number of alkyl halides is 3. The monoisotopic (exact) mass is 500 g/mol. The Morgan fingerprint density at radius 3 is 2.50 bits per heavy atom. The lowest BCUT2D eigenvalue weighted by atomic mass is 9.98. The van der Waals surface area contributed by atoms with E-state index in [0.29, 0.717) is 11.5 Å². The number of carbonyl (C=O) groups is 1. The highest BCUT2D eigenvalue weighted by Gasteiger charge is 2.35. The number of aliphatic imine (C=N–C) groups is 1. The van der Waals surface area contributed by atoms with Crippen LogP contribution in [-0.2, 0) is 17.4 Å². The standard InChI is InChI=1S/C26H24F4N4O2/c1-14-20(24(31-2)15-4-5-15)8-18(12-32-14)16-6-7-17(22(27)9-16)10-23(35)34-19-11-21(26(28,29)30)25(36-3)33-13-19/h6-9,11-13,15H,4-5,10H2,1-3H3,(H,34,35)/b31-24-. The highest BCUT2D eigenvalue weighted by Crippen LogP contribution is 2.37. The van der Waals surface area contributed by atoms with Gasteiger partial charge in [-0.05, 0) is 49.1 Å². The molecule has 0 bridgehead atoms. The van der Waals surface area contributed by atoms with E-state index in [1.54, 1.807) is 19.3 Å². The third-order valence-corrected chi connectivity index (χ3v) is 5.94. The summed E-state index contributed by atoms with van der Waals surface area (Å²) in [6.07, 6.45) is -0.199. The van der Waals surface area contributed by atoms with E-state index in [2.05, 4.69) is 25.0 Å². The summed E-state index contributed by atoms with van der Waals surface area (Å²) in [5.74, 6) is -1.48. The zero-order chi connectivity index (χ0) is 26.0. The van der Waals surface area contributed by atoms with E-state index in [4.69, 9.17) is 0 Å². The summed E-state index contributed by atoms with van der Waals surface area (Å²) in [5, 5.41) is 2.33. The maximum Gasteiger partial charge on any atom is 0.421 e. The molecule has 1 amide bonds. The fraction of sp³-hybridized carbons (Fsp3) is 0.308. The van der Waals surface area contributed by atoms with Gasteiger partial charge in [0.05, 0.1) is 25.4 Å². The molecule has 0 atom stereocenters. The van der Waals surface area contributed by atoms with Crippen molar-refractivity contribution in [3.63, 3.8) is 0 Å². The third kappa shape index (κ3) is 5.53. The molecular formula is C26H24F4N4O2. The second-order valence-electron chi connectivity index (χ2n) is 8.55. The molecule has 6 nitrogen and oxygen atoms in total. The highest BCUT2D eigenvalue weighted by molar-refractivity contribution is 6.05. The number of pyridine rings is 2. The molecule has 1 fully saturated rings. The Bertz CT molecular complexity index is 1330. The van der Waals surface area contributed by atoms with Gasteiger partial charge in [0.15, 0.2) is 0 Å². The first kappa shape index (κ1) is 25.3. The topological polar surface area (TPSA) is 76.5 Å². The van der Waals surface area contributed by atoms with Crippen molar-refractivity contribution in [1.29, 1.82) is 0 Å². The summed E-state index contributed by atoms with van der Waals surface area (Å²) in [6, 6.07) is 7.14. The van der Waals surface area contributed by atoms with Crippen LogP contribution in [0.5, 0.6) is 5.88 Å². The molecule has 3 aromatic rings. The van der Waals surface area contributed by atoms with E-state index in [1.807, 2.05) is 13.0 Å². The van der Waals surface area contributed by atoms with Gasteiger partial charge < -0.3 is 10.1 Å². The molecule has 1 aliphatic carbocycles. The number of nitrogens with one attached hydrogen (secondary N) is 1. The number of benzene rings is 1. The van der Waals surface area contributed by atoms with E-state index in [0.717, 1.165) is 54.7 Å². The molecule has 1 saturated carbocycles. The molecule has 0 spiro atoms. The zero-order valence-electron chi connectivity index (χ0n) is 19.9. The second-order valence-corrected chi connectivity index (χ2v) is 8.55. The SMILES string of the molecule is C/N=C(\c1cc(-c2ccc(CC(=O)Nc3cnc(OC)c(C(F)(F)F)c3)c(F)c2)cnc1C)C1CC1. The lowest BCUT2D eigenvalue weighted by Gasteiger charge is -2.13. The van der Waals surface area contributed by atoms with Crippen molar-refractivity contribution < 1.29 is 27.1 Å². The molecular weight excluding hydrogens is 476 g/mol. The number of amides is 1. The predicted octanol–water partition coefficient (Wildman–Crippen LogP) is 5.63. The van der Waals surface area contributed by atoms with Crippen LogP contribution in [0.2, 0.25) is 0 Å². The van der Waals surface area contributed by atoms with Gasteiger partial charge in [0.2, 0.25) is 11.8 Å². The predicted molar refractivity (Wildman–Crippen MR) is 128 cm³/mol. The van der Waals surface area contributed by atoms with Crippen LogP contribution in [0.4, 0.5) is 23.2 Å². The van der Waals surface area contributed by atoms with Gasteiger partial charge in [0.25, 0.3) is 0 Å². The maximum absolute atomic E-state index is 14.9. The molecule has 188 valence electrons. The minimum atomic E-state index is -4.71. The summed E-state index contributed by atoms with van der Waals surface area (Å²) >= 11 is 0. The molecule has 0 saturated heterocycles. The van der Waals surface area contributed by atoms with Crippen LogP contribution < -0.4 is 10.1 Å². The Labute approximate surface area is 205 Å². The van der Waals surface area contributed by atoms with E-state index in [9.17, 15) is 22.4 Å². The number of hydrogen-bond acceptors (Lipinski definition) is 5. The van der Waals surface area contributed by atoms with E-state index in [-0.39, 0.29) is 17.7 Å². The third-order valence-electron chi connectivity index (χ3n) is 5.94. The maximum atomic E-state index is 14.9. The Morgan fingerprint density at radius 1 is 1.14 bits per heavy atom. The van der Waals surface area contributed by atoms with Gasteiger partial charge >= 0.3 is 6.18 Å². The van der Waals surface area contributed by atoms with Crippen molar-refractivity contribution in [1.82, 2.24) is 9.97 Å². The molecule has 1 N–H and O–H groups in total. The fourth-order valence-electron chi connectivity index (χ4n) is 3.96. The van der Waals surface area contributed by atoms with E-state index >= 15 is 0 Å². The van der Waals surface area contributed by atoms with Crippen LogP contribution in [0.1, 0.15) is 35.2 Å². The molecule has 1 aliphatic rings. The van der Waals surface area contributed by atoms with Crippen molar-refractivity contribution in [3.8, 4) is 17.0 Å². The van der Waals surface area contributed by atoms with Crippen molar-refractivity contribution >= 4 is 17.3 Å². The largest absolute Gasteiger partial charge is 0.481 e. The van der Waals surface area contributed by atoms with Gasteiger partial charge in [0.1, 0.15) is 11.4 Å². The number of anilines is 1. The minimum Gasteiger partial charge on any atom is -0.481 e. The molecule has 4 rings (SSSR count). The zero-order valence-corrected chi connectivity index (χ0v) is 19.9. The van der Waals surface area contributed by atoms with Crippen LogP contribution in [0.3, 0.4) is 0 Å². The number of hydrogen-bond donors (Lipinski definition) is 1. The van der Waals surface area contributed by atoms with Crippen molar-refractivity contribution in [2.75, 3.05) is 19.5 Å². The minimum absolute atomic E-state index is 0.0999. The van der Waals surface area contributed by atoms with Crippen molar-refractivity contribution in [2.24, 2.45) is 10.9 Å². The van der Waals surface area contributed by atoms with Crippen LogP contribution in [0.15, 0.2) is 47.7 Å². The second kappa shape index (κ2) is 10.0. The number of nitrogens with zero attached hydrogens (tertiary/aromatic N) is 3. The number of halogens is 4. The number of methoxy groups -OCH3 is 1. The Kier molecular flexibility index (Phi) is 7.05. The van der Waals surface area contributed by atoms with Gasteiger partial charge in [-0.1, -0.05) is 12.1 Å². The molecule has 0 radical (unpaired) electrons. The molecule has 36 heavy (non-hydrogen) atoms. The van der Waals surface area contributed by atoms with Crippen LogP contribution in [0, 0.1) is 18.7 Å². The molecule has 0 aliphatic heterocycles. The highest BCUT2D eigenvalue weighted by atomic mass is 19.4. The fourth-order valence-corrected chi connectivity index (χ4v) is 3.96. The summed E-state index contributed by atoms with van der Waals surface area (Å²) in [4.78, 5) is 24.9. The van der Waals surface area contributed by atoms with Gasteiger partial charge in [-0.15, -0.1) is 0 Å². The average molecular weight is 500 g/mol. The molecule has 0 unspecified atom stereocenters. The number of aryl methyl sites for hydroxylation is 1. The summed E-state index contributed by atoms with van der Waals surface area (Å²) in [5.41, 5.74) is 2.89. The van der Waals surface area contributed by atoms with Gasteiger partial charge in [-0.25, -0.2) is 9.37 Å².